The second-order valence-electron chi connectivity index (χ2n) is 3.10. The van der Waals surface area contributed by atoms with Crippen LogP contribution in [0.4, 0.5) is 0 Å². The highest BCUT2D eigenvalue weighted by Gasteiger charge is 2.19. The molecule has 0 aliphatic rings. The monoisotopic (exact) mass is 287 g/mol. The number of hydrogen-bond acceptors (Lipinski definition) is 4. The van der Waals surface area contributed by atoms with E-state index >= 15 is 0 Å². The number of halogens is 1. The first-order valence-corrected chi connectivity index (χ1v) is 5.45. The molecule has 1 aromatic carbocycles. The number of ether oxygens (including phenoxy) is 1. The summed E-state index contributed by atoms with van der Waals surface area (Å²) in [6.45, 7) is 0. The normalized spacial score (nSPS) is 12.0. The minimum Gasteiger partial charge on any atom is -0.496 e. The van der Waals surface area contributed by atoms with Crippen molar-refractivity contribution in [3.63, 3.8) is 0 Å². The summed E-state index contributed by atoms with van der Waals surface area (Å²) in [7, 11) is 3.14. The highest BCUT2D eigenvalue weighted by Crippen LogP contribution is 2.27. The molecule has 1 atom stereocenters. The van der Waals surface area contributed by atoms with E-state index in [0.717, 1.165) is 4.47 Å². The average molecular weight is 288 g/mol. The molecule has 1 rings (SSSR count). The Morgan fingerprint density at radius 2 is 2.25 bits per heavy atom. The summed E-state index contributed by atoms with van der Waals surface area (Å²) in [5.74, 6) is 0.265. The van der Waals surface area contributed by atoms with Crippen molar-refractivity contribution in [1.29, 1.82) is 0 Å². The lowest BCUT2D eigenvalue weighted by atomic mass is 10.1. The summed E-state index contributed by atoms with van der Waals surface area (Å²) in [5.41, 5.74) is 11.4. The van der Waals surface area contributed by atoms with E-state index in [1.54, 1.807) is 19.2 Å². The molecule has 0 fully saturated rings. The first kappa shape index (κ1) is 13.0. The Morgan fingerprint density at radius 3 is 2.81 bits per heavy atom. The van der Waals surface area contributed by atoms with Gasteiger partial charge in [0.1, 0.15) is 11.8 Å². The van der Waals surface area contributed by atoms with Gasteiger partial charge in [-0.15, -0.1) is 0 Å². The third-order valence-electron chi connectivity index (χ3n) is 2.06. The molecular formula is C10H14BrN3O2. The zero-order chi connectivity index (χ0) is 12.1. The minimum atomic E-state index is -0.778. The maximum Gasteiger partial charge on any atom is 0.255 e. The predicted molar refractivity (Wildman–Crippen MR) is 64.8 cm³/mol. The van der Waals surface area contributed by atoms with Gasteiger partial charge in [-0.1, -0.05) is 15.9 Å². The van der Waals surface area contributed by atoms with E-state index in [4.69, 9.17) is 10.5 Å². The van der Waals surface area contributed by atoms with Gasteiger partial charge in [-0.25, -0.2) is 5.43 Å². The van der Waals surface area contributed by atoms with Crippen molar-refractivity contribution in [3.05, 3.63) is 28.2 Å². The molecule has 0 saturated carbocycles. The van der Waals surface area contributed by atoms with Crippen molar-refractivity contribution < 1.29 is 9.53 Å². The molecule has 88 valence electrons. The Kier molecular flexibility index (Phi) is 4.72. The fraction of sp³-hybridized carbons (Fsp3) is 0.300. The second kappa shape index (κ2) is 5.83. The lowest BCUT2D eigenvalue weighted by Crippen LogP contribution is -2.40. The van der Waals surface area contributed by atoms with E-state index in [1.165, 1.54) is 7.11 Å². The Balaban J connectivity index is 3.01. The van der Waals surface area contributed by atoms with Crippen LogP contribution in [0.5, 0.6) is 5.75 Å². The zero-order valence-electron chi connectivity index (χ0n) is 9.08. The molecule has 6 heteroatoms. The number of carbonyl (C=O) groups is 1. The summed E-state index contributed by atoms with van der Waals surface area (Å²) in [4.78, 5) is 11.6. The van der Waals surface area contributed by atoms with E-state index in [2.05, 4.69) is 26.8 Å². The molecule has 0 aromatic heterocycles. The van der Waals surface area contributed by atoms with Crippen LogP contribution >= 0.6 is 15.9 Å². The Labute approximate surface area is 102 Å². The standard InChI is InChI=1S/C10H14BrN3O2/c1-13-14-10(15)9(12)7-5-6(11)3-4-8(7)16-2/h3-5,9,13H,12H2,1-2H3,(H,14,15). The van der Waals surface area contributed by atoms with E-state index in [9.17, 15) is 4.79 Å². The first-order chi connectivity index (χ1) is 7.60. The molecule has 5 nitrogen and oxygen atoms in total. The van der Waals surface area contributed by atoms with Crippen molar-refractivity contribution in [3.8, 4) is 5.75 Å². The molecule has 1 unspecified atom stereocenters. The van der Waals surface area contributed by atoms with E-state index < -0.39 is 6.04 Å². The van der Waals surface area contributed by atoms with Crippen molar-refractivity contribution in [1.82, 2.24) is 10.9 Å². The van der Waals surface area contributed by atoms with Crippen molar-refractivity contribution >= 4 is 21.8 Å². The quantitative estimate of drug-likeness (QED) is 0.713. The highest BCUT2D eigenvalue weighted by atomic mass is 79.9. The van der Waals surface area contributed by atoms with Crippen molar-refractivity contribution in [2.24, 2.45) is 5.73 Å². The number of carbonyl (C=O) groups excluding carboxylic acids is 1. The molecule has 16 heavy (non-hydrogen) atoms. The fourth-order valence-electron chi connectivity index (χ4n) is 1.29. The van der Waals surface area contributed by atoms with Gasteiger partial charge in [0.2, 0.25) is 0 Å². The Morgan fingerprint density at radius 1 is 1.56 bits per heavy atom. The van der Waals surface area contributed by atoms with E-state index in [0.29, 0.717) is 11.3 Å². The van der Waals surface area contributed by atoms with Crippen molar-refractivity contribution in [2.75, 3.05) is 14.2 Å². The molecule has 0 spiro atoms. The van der Waals surface area contributed by atoms with E-state index in [1.807, 2.05) is 6.07 Å². The first-order valence-electron chi connectivity index (χ1n) is 4.65. The number of hydrogen-bond donors (Lipinski definition) is 3. The Bertz CT molecular complexity index is 384. The number of nitrogens with one attached hydrogen (secondary N) is 2. The fourth-order valence-corrected chi connectivity index (χ4v) is 1.67. The van der Waals surface area contributed by atoms with Crippen LogP contribution in [0.3, 0.4) is 0 Å². The van der Waals surface area contributed by atoms with Crippen LogP contribution < -0.4 is 21.3 Å². The number of nitrogens with two attached hydrogens (primary N) is 1. The summed E-state index contributed by atoms with van der Waals surface area (Å²) in [6, 6.07) is 4.57. The molecule has 0 aliphatic carbocycles. The number of rotatable bonds is 4. The maximum atomic E-state index is 11.6. The molecule has 0 bridgehead atoms. The summed E-state index contributed by atoms with van der Waals surface area (Å²) >= 11 is 3.32. The zero-order valence-corrected chi connectivity index (χ0v) is 10.7. The van der Waals surface area contributed by atoms with Crippen molar-refractivity contribution in [2.45, 2.75) is 6.04 Å². The van der Waals surface area contributed by atoms with Crippen LogP contribution in [0.25, 0.3) is 0 Å². The largest absolute Gasteiger partial charge is 0.496 e. The molecule has 0 aliphatic heterocycles. The second-order valence-corrected chi connectivity index (χ2v) is 4.02. The predicted octanol–water partition coefficient (Wildman–Crippen LogP) is 0.708. The van der Waals surface area contributed by atoms with Crippen LogP contribution in [0.1, 0.15) is 11.6 Å². The maximum absolute atomic E-state index is 11.6. The number of benzene rings is 1. The van der Waals surface area contributed by atoms with Crippen LogP contribution in [-0.2, 0) is 4.79 Å². The molecule has 0 heterocycles. The lowest BCUT2D eigenvalue weighted by molar-refractivity contribution is -0.123. The molecule has 1 aromatic rings. The number of amides is 1. The molecule has 4 N–H and O–H groups in total. The van der Waals surface area contributed by atoms with Crippen LogP contribution in [0.2, 0.25) is 0 Å². The summed E-state index contributed by atoms with van der Waals surface area (Å²) in [5, 5.41) is 0. The topological polar surface area (TPSA) is 76.4 Å². The summed E-state index contributed by atoms with van der Waals surface area (Å²) < 4.78 is 5.99. The third-order valence-corrected chi connectivity index (χ3v) is 2.55. The lowest BCUT2D eigenvalue weighted by Gasteiger charge is -2.15. The van der Waals surface area contributed by atoms with Crippen LogP contribution in [-0.4, -0.2) is 20.1 Å². The van der Waals surface area contributed by atoms with Gasteiger partial charge in [-0.3, -0.25) is 10.2 Å². The average Bonchev–Trinajstić information content (AvgIpc) is 2.28. The smallest absolute Gasteiger partial charge is 0.255 e. The SMILES string of the molecule is CNNC(=O)C(N)c1cc(Br)ccc1OC. The van der Waals surface area contributed by atoms with Gasteiger partial charge in [-0.2, -0.15) is 0 Å². The molecular weight excluding hydrogens is 274 g/mol. The Hall–Kier alpha value is -1.11. The molecule has 0 saturated heterocycles. The van der Waals surface area contributed by atoms with Gasteiger partial charge in [0.25, 0.3) is 5.91 Å². The summed E-state index contributed by atoms with van der Waals surface area (Å²) in [6.07, 6.45) is 0. The van der Waals surface area contributed by atoms with Gasteiger partial charge < -0.3 is 10.5 Å². The van der Waals surface area contributed by atoms with Gasteiger partial charge in [0.15, 0.2) is 0 Å². The third kappa shape index (κ3) is 2.94. The van der Waals surface area contributed by atoms with Gasteiger partial charge in [0, 0.05) is 17.1 Å². The van der Waals surface area contributed by atoms with Crippen LogP contribution in [0, 0.1) is 0 Å². The van der Waals surface area contributed by atoms with E-state index in [-0.39, 0.29) is 5.91 Å². The highest BCUT2D eigenvalue weighted by molar-refractivity contribution is 9.10. The number of methoxy groups -OCH3 is 1. The molecule has 1 amide bonds. The van der Waals surface area contributed by atoms with Gasteiger partial charge >= 0.3 is 0 Å². The minimum absolute atomic E-state index is 0.320. The van der Waals surface area contributed by atoms with Gasteiger partial charge in [0.05, 0.1) is 7.11 Å². The van der Waals surface area contributed by atoms with Gasteiger partial charge in [-0.05, 0) is 18.2 Å². The number of hydrazine groups is 1. The molecule has 0 radical (unpaired) electrons. The van der Waals surface area contributed by atoms with Crippen LogP contribution in [0.15, 0.2) is 22.7 Å².